The van der Waals surface area contributed by atoms with Gasteiger partial charge in [-0.2, -0.15) is 16.9 Å². The highest BCUT2D eigenvalue weighted by Gasteiger charge is 2.12. The van der Waals surface area contributed by atoms with Crippen molar-refractivity contribution >= 4 is 41.5 Å². The van der Waals surface area contributed by atoms with Crippen molar-refractivity contribution in [1.29, 1.82) is 0 Å². The van der Waals surface area contributed by atoms with Gasteiger partial charge in [0.1, 0.15) is 0 Å². The summed E-state index contributed by atoms with van der Waals surface area (Å²) in [7, 11) is 0. The standard InChI is InChI=1S/C15H22N6O3S.C9H12/c1-25-9-14(24)21(10-22)8-2-3-13(23)18-12-6-4-11(5-7-12)15(19-16)20-17;1-3-9-6-4-8(2)5-7-9/h4-7,10H,2-3,8-9,16-17H2,1H3,(H,18,23)(H,19,20);4-7H,3H2,1-2H3. The Kier molecular flexibility index (Phi) is 13.7. The lowest BCUT2D eigenvalue weighted by Gasteiger charge is -2.14. The van der Waals surface area contributed by atoms with Crippen molar-refractivity contribution in [2.45, 2.75) is 33.1 Å². The molecule has 0 aliphatic carbocycles. The molecule has 34 heavy (non-hydrogen) atoms. The third-order valence-electron chi connectivity index (χ3n) is 4.76. The summed E-state index contributed by atoms with van der Waals surface area (Å²) in [6, 6.07) is 15.4. The lowest BCUT2D eigenvalue weighted by molar-refractivity contribution is -0.136. The van der Waals surface area contributed by atoms with E-state index < -0.39 is 0 Å². The van der Waals surface area contributed by atoms with Gasteiger partial charge in [-0.1, -0.05) is 36.8 Å². The van der Waals surface area contributed by atoms with Crippen LogP contribution in [0.2, 0.25) is 0 Å². The zero-order valence-electron chi connectivity index (χ0n) is 19.9. The number of amides is 3. The van der Waals surface area contributed by atoms with E-state index in [1.165, 1.54) is 22.9 Å². The first kappa shape index (κ1) is 28.7. The minimum atomic E-state index is -0.260. The molecule has 184 valence electrons. The molecular weight excluding hydrogens is 452 g/mol. The number of nitrogens with two attached hydrogens (primary N) is 2. The fourth-order valence-electron chi connectivity index (χ4n) is 2.81. The molecule has 6 N–H and O–H groups in total. The van der Waals surface area contributed by atoms with Crippen LogP contribution in [0.4, 0.5) is 5.69 Å². The van der Waals surface area contributed by atoms with E-state index in [1.807, 2.05) is 0 Å². The van der Waals surface area contributed by atoms with Gasteiger partial charge in [-0.25, -0.2) is 5.84 Å². The number of carbonyl (C=O) groups is 3. The molecule has 10 heteroatoms. The Labute approximate surface area is 205 Å². The molecule has 0 aromatic heterocycles. The van der Waals surface area contributed by atoms with Gasteiger partial charge in [0.15, 0.2) is 5.84 Å². The maximum Gasteiger partial charge on any atom is 0.238 e. The number of rotatable bonds is 10. The van der Waals surface area contributed by atoms with Crippen LogP contribution < -0.4 is 22.4 Å². The van der Waals surface area contributed by atoms with Gasteiger partial charge in [0.05, 0.1) is 5.75 Å². The Hall–Kier alpha value is -3.37. The predicted octanol–water partition coefficient (Wildman–Crippen LogP) is 2.39. The largest absolute Gasteiger partial charge is 0.326 e. The normalized spacial score (nSPS) is 10.5. The summed E-state index contributed by atoms with van der Waals surface area (Å²) >= 11 is 1.34. The lowest BCUT2D eigenvalue weighted by atomic mass is 10.1. The van der Waals surface area contributed by atoms with Crippen molar-refractivity contribution in [2.24, 2.45) is 16.8 Å². The lowest BCUT2D eigenvalue weighted by Crippen LogP contribution is -2.32. The number of nitrogens with zero attached hydrogens (tertiary/aromatic N) is 2. The Balaban J connectivity index is 0.000000533. The van der Waals surface area contributed by atoms with Crippen LogP contribution >= 0.6 is 11.8 Å². The van der Waals surface area contributed by atoms with Crippen LogP contribution in [0, 0.1) is 6.92 Å². The van der Waals surface area contributed by atoms with Gasteiger partial charge in [0.2, 0.25) is 18.2 Å². The molecule has 0 heterocycles. The Morgan fingerprint density at radius 3 is 2.26 bits per heavy atom. The predicted molar refractivity (Wildman–Crippen MR) is 139 cm³/mol. The summed E-state index contributed by atoms with van der Waals surface area (Å²) in [5, 5.41) is 6.22. The van der Waals surface area contributed by atoms with Gasteiger partial charge in [-0.15, -0.1) is 0 Å². The maximum absolute atomic E-state index is 11.9. The number of benzene rings is 2. The van der Waals surface area contributed by atoms with E-state index in [0.29, 0.717) is 29.9 Å². The molecule has 0 fully saturated rings. The topological polar surface area (TPSA) is 143 Å². The van der Waals surface area contributed by atoms with Gasteiger partial charge in [0.25, 0.3) is 0 Å². The Morgan fingerprint density at radius 1 is 1.12 bits per heavy atom. The molecule has 0 aliphatic rings. The summed E-state index contributed by atoms with van der Waals surface area (Å²) < 4.78 is 0. The molecule has 9 nitrogen and oxygen atoms in total. The van der Waals surface area contributed by atoms with Crippen molar-refractivity contribution in [1.82, 2.24) is 10.3 Å². The van der Waals surface area contributed by atoms with Gasteiger partial charge in [0, 0.05) is 24.2 Å². The van der Waals surface area contributed by atoms with Gasteiger partial charge in [-0.3, -0.25) is 19.3 Å². The van der Waals surface area contributed by atoms with Crippen LogP contribution in [0.15, 0.2) is 53.6 Å². The summed E-state index contributed by atoms with van der Waals surface area (Å²) in [6.45, 7) is 4.50. The summed E-state index contributed by atoms with van der Waals surface area (Å²) in [6.07, 6.45) is 4.01. The second-order valence-electron chi connectivity index (χ2n) is 7.32. The highest BCUT2D eigenvalue weighted by atomic mass is 32.2. The number of anilines is 1. The second kappa shape index (κ2) is 16.3. The van der Waals surface area contributed by atoms with Crippen molar-refractivity contribution in [2.75, 3.05) is 23.9 Å². The third-order valence-corrected chi connectivity index (χ3v) is 5.29. The van der Waals surface area contributed by atoms with Gasteiger partial charge in [-0.05, 0) is 55.9 Å². The number of nitrogens with one attached hydrogen (secondary N) is 2. The van der Waals surface area contributed by atoms with Crippen LogP contribution in [0.5, 0.6) is 0 Å². The van der Waals surface area contributed by atoms with Gasteiger partial charge >= 0.3 is 0 Å². The number of hydrogen-bond acceptors (Lipinski definition) is 7. The number of hydrazone groups is 1. The molecule has 0 radical (unpaired) electrons. The Bertz CT molecular complexity index is 933. The number of carbonyl (C=O) groups excluding carboxylic acids is 3. The first-order valence-corrected chi connectivity index (χ1v) is 12.2. The van der Waals surface area contributed by atoms with Crippen LogP contribution in [-0.2, 0) is 20.8 Å². The first-order valence-electron chi connectivity index (χ1n) is 10.8. The minimum Gasteiger partial charge on any atom is -0.326 e. The Morgan fingerprint density at radius 2 is 1.76 bits per heavy atom. The smallest absolute Gasteiger partial charge is 0.238 e. The molecule has 2 rings (SSSR count). The molecule has 2 aromatic carbocycles. The van der Waals surface area contributed by atoms with Crippen LogP contribution in [0.3, 0.4) is 0 Å². The molecule has 0 saturated heterocycles. The molecule has 0 aliphatic heterocycles. The number of imide groups is 1. The van der Waals surface area contributed by atoms with E-state index in [9.17, 15) is 14.4 Å². The van der Waals surface area contributed by atoms with E-state index in [1.54, 1.807) is 30.5 Å². The second-order valence-corrected chi connectivity index (χ2v) is 8.18. The number of hydrazine groups is 1. The summed E-state index contributed by atoms with van der Waals surface area (Å²) in [5.74, 6) is 10.6. The summed E-state index contributed by atoms with van der Waals surface area (Å²) in [4.78, 5) is 35.5. The van der Waals surface area contributed by atoms with Crippen molar-refractivity contribution in [3.63, 3.8) is 0 Å². The fraction of sp³-hybridized carbons (Fsp3) is 0.333. The quantitative estimate of drug-likeness (QED) is 0.133. The number of amidine groups is 1. The average molecular weight is 487 g/mol. The minimum absolute atomic E-state index is 0.193. The van der Waals surface area contributed by atoms with Gasteiger partial charge < -0.3 is 16.6 Å². The molecular formula is C24H34N6O3S. The molecule has 3 amide bonds. The SMILES string of the molecule is CCc1ccc(C)cc1.CSCC(=O)N(C=O)CCCC(=O)Nc1ccc(/C(=N/N)NN)cc1. The number of thioether (sulfide) groups is 1. The highest BCUT2D eigenvalue weighted by Crippen LogP contribution is 2.11. The first-order chi connectivity index (χ1) is 16.4. The van der Waals surface area contributed by atoms with E-state index in [2.05, 4.69) is 54.0 Å². The van der Waals surface area contributed by atoms with Crippen molar-refractivity contribution in [3.8, 4) is 0 Å². The van der Waals surface area contributed by atoms with Crippen molar-refractivity contribution < 1.29 is 14.4 Å². The molecule has 0 saturated carbocycles. The monoisotopic (exact) mass is 486 g/mol. The van der Waals surface area contributed by atoms with E-state index in [-0.39, 0.29) is 30.5 Å². The zero-order chi connectivity index (χ0) is 25.3. The third kappa shape index (κ3) is 10.5. The van der Waals surface area contributed by atoms with Crippen LogP contribution in [0.1, 0.15) is 36.5 Å². The number of aryl methyl sites for hydroxylation is 2. The van der Waals surface area contributed by atoms with E-state index >= 15 is 0 Å². The number of hydrogen-bond donors (Lipinski definition) is 4. The summed E-state index contributed by atoms with van der Waals surface area (Å²) in [5.41, 5.74) is 6.41. The highest BCUT2D eigenvalue weighted by molar-refractivity contribution is 7.99. The maximum atomic E-state index is 11.9. The van der Waals surface area contributed by atoms with E-state index in [4.69, 9.17) is 11.7 Å². The van der Waals surface area contributed by atoms with Crippen LogP contribution in [-0.4, -0.2) is 47.5 Å². The van der Waals surface area contributed by atoms with E-state index in [0.717, 1.165) is 11.3 Å². The van der Waals surface area contributed by atoms with Crippen LogP contribution in [0.25, 0.3) is 0 Å². The average Bonchev–Trinajstić information content (AvgIpc) is 2.84. The van der Waals surface area contributed by atoms with Crippen molar-refractivity contribution in [3.05, 3.63) is 65.2 Å². The molecule has 0 unspecified atom stereocenters. The fourth-order valence-corrected chi connectivity index (χ4v) is 3.22. The molecule has 0 bridgehead atoms. The molecule has 2 aromatic rings. The molecule has 0 atom stereocenters. The molecule has 0 spiro atoms. The zero-order valence-corrected chi connectivity index (χ0v) is 20.7.